The van der Waals surface area contributed by atoms with Crippen LogP contribution >= 0.6 is 0 Å². The summed E-state index contributed by atoms with van der Waals surface area (Å²) < 4.78 is 37.2. The van der Waals surface area contributed by atoms with Gasteiger partial charge < -0.3 is 14.8 Å². The molecular weight excluding hydrogens is 506 g/mol. The summed E-state index contributed by atoms with van der Waals surface area (Å²) in [7, 11) is -2.16. The summed E-state index contributed by atoms with van der Waals surface area (Å²) in [5.74, 6) is -0.499. The lowest BCUT2D eigenvalue weighted by Crippen LogP contribution is -2.26. The highest BCUT2D eigenvalue weighted by Gasteiger charge is 2.25. The van der Waals surface area contributed by atoms with Gasteiger partial charge >= 0.3 is 5.97 Å². The number of pyridine rings is 1. The van der Waals surface area contributed by atoms with Crippen molar-refractivity contribution in [3.8, 4) is 11.9 Å². The molecule has 0 fully saturated rings. The molecule has 3 aromatic rings. The van der Waals surface area contributed by atoms with Gasteiger partial charge in [-0.25, -0.2) is 8.42 Å². The molecule has 1 heterocycles. The van der Waals surface area contributed by atoms with Crippen LogP contribution in [0.4, 0.5) is 5.69 Å². The molecule has 0 bridgehead atoms. The summed E-state index contributed by atoms with van der Waals surface area (Å²) in [5.41, 5.74) is 2.24. The summed E-state index contributed by atoms with van der Waals surface area (Å²) in [4.78, 5) is 20.3. The zero-order valence-electron chi connectivity index (χ0n) is 21.1. The third-order valence-corrected chi connectivity index (χ3v) is 7.30. The molecule has 0 saturated carbocycles. The van der Waals surface area contributed by atoms with Crippen LogP contribution in [-0.2, 0) is 26.0 Å². The lowest BCUT2D eigenvalue weighted by Gasteiger charge is -2.17. The average Bonchev–Trinajstić information content (AvgIpc) is 2.92. The monoisotopic (exact) mass is 535 g/mol. The topological polar surface area (TPSA) is 143 Å². The molecule has 0 aliphatic heterocycles. The number of aromatic nitrogens is 1. The summed E-state index contributed by atoms with van der Waals surface area (Å²) in [6.07, 6.45) is 4.91. The van der Waals surface area contributed by atoms with E-state index in [0.717, 1.165) is 11.3 Å². The Morgan fingerprint density at radius 3 is 2.61 bits per heavy atom. The van der Waals surface area contributed by atoms with E-state index < -0.39 is 21.7 Å². The summed E-state index contributed by atoms with van der Waals surface area (Å²) in [6, 6.07) is 17.0. The molecule has 1 atom stereocenters. The molecule has 1 aromatic heterocycles. The van der Waals surface area contributed by atoms with E-state index >= 15 is 0 Å². The summed E-state index contributed by atoms with van der Waals surface area (Å²) >= 11 is 0. The molecule has 0 saturated heterocycles. The molecule has 0 spiro atoms. The van der Waals surface area contributed by atoms with Crippen LogP contribution < -0.4 is 15.4 Å². The Morgan fingerprint density at radius 1 is 1.16 bits per heavy atom. The fourth-order valence-electron chi connectivity index (χ4n) is 3.65. The maximum Gasteiger partial charge on any atom is 0.306 e. The van der Waals surface area contributed by atoms with Crippen LogP contribution in [0.15, 0.2) is 82.9 Å². The van der Waals surface area contributed by atoms with Gasteiger partial charge in [-0.3, -0.25) is 20.1 Å². The standard InChI is InChI=1S/C27H29N5O5S/c1-3-36-26(33)15-22(21-7-5-13-30-16-21)18-38(34,35)25-11-9-24(10-12-25)37-17-20-6-4-8-23(14-20)32-27(29-2)31-19-28/h4-14,16,22H,3,15,17-18H2,1-2H3,(H2,29,31,32). The third-order valence-electron chi connectivity index (χ3n) is 5.47. The smallest absolute Gasteiger partial charge is 0.306 e. The third kappa shape index (κ3) is 8.31. The Bertz CT molecular complexity index is 1390. The molecule has 3 rings (SSSR count). The number of guanidine groups is 1. The lowest BCUT2D eigenvalue weighted by atomic mass is 10.00. The van der Waals surface area contributed by atoms with E-state index in [0.29, 0.717) is 17.3 Å². The predicted molar refractivity (Wildman–Crippen MR) is 143 cm³/mol. The normalized spacial score (nSPS) is 12.2. The van der Waals surface area contributed by atoms with Gasteiger partial charge in [0.25, 0.3) is 0 Å². The first-order chi connectivity index (χ1) is 18.3. The average molecular weight is 536 g/mol. The second-order valence-corrected chi connectivity index (χ2v) is 10.2. The fourth-order valence-corrected chi connectivity index (χ4v) is 5.24. The van der Waals surface area contributed by atoms with Gasteiger partial charge in [-0.15, -0.1) is 0 Å². The van der Waals surface area contributed by atoms with E-state index in [4.69, 9.17) is 14.7 Å². The van der Waals surface area contributed by atoms with E-state index in [1.165, 1.54) is 12.1 Å². The number of hydrogen-bond donors (Lipinski definition) is 2. The molecule has 2 aromatic carbocycles. The van der Waals surface area contributed by atoms with Gasteiger partial charge in [-0.1, -0.05) is 18.2 Å². The SMILES string of the molecule is CCOC(=O)CC(CS(=O)(=O)c1ccc(OCc2cccc(NC(=NC)NC#N)c2)cc1)c1cccnc1. The van der Waals surface area contributed by atoms with E-state index in [-0.39, 0.29) is 30.3 Å². The Balaban J connectivity index is 1.66. The highest BCUT2D eigenvalue weighted by atomic mass is 32.2. The molecule has 0 amide bonds. The van der Waals surface area contributed by atoms with Crippen molar-refractivity contribution in [2.24, 2.45) is 4.99 Å². The van der Waals surface area contributed by atoms with Crippen molar-refractivity contribution in [1.29, 1.82) is 5.26 Å². The number of carbonyl (C=O) groups is 1. The van der Waals surface area contributed by atoms with Crippen molar-refractivity contribution in [3.63, 3.8) is 0 Å². The quantitative estimate of drug-likeness (QED) is 0.124. The second kappa shape index (κ2) is 13.8. The van der Waals surface area contributed by atoms with Gasteiger partial charge in [0.05, 0.1) is 23.7 Å². The van der Waals surface area contributed by atoms with Gasteiger partial charge in [0.2, 0.25) is 5.96 Å². The van der Waals surface area contributed by atoms with Gasteiger partial charge in [-0.2, -0.15) is 5.26 Å². The van der Waals surface area contributed by atoms with Gasteiger partial charge in [0.1, 0.15) is 12.4 Å². The highest BCUT2D eigenvalue weighted by molar-refractivity contribution is 7.91. The number of nitriles is 1. The first-order valence-corrected chi connectivity index (χ1v) is 13.5. The minimum absolute atomic E-state index is 0.0634. The molecule has 0 radical (unpaired) electrons. The first-order valence-electron chi connectivity index (χ1n) is 11.8. The summed E-state index contributed by atoms with van der Waals surface area (Å²) in [6.45, 7) is 2.17. The zero-order valence-corrected chi connectivity index (χ0v) is 21.9. The van der Waals surface area contributed by atoms with Gasteiger partial charge in [0, 0.05) is 31.0 Å². The van der Waals surface area contributed by atoms with Gasteiger partial charge in [-0.05, 0) is 60.5 Å². The lowest BCUT2D eigenvalue weighted by molar-refractivity contribution is -0.143. The number of carbonyl (C=O) groups excluding carboxylic acids is 1. The maximum absolute atomic E-state index is 13.2. The van der Waals surface area contributed by atoms with Crippen molar-refractivity contribution < 1.29 is 22.7 Å². The fraction of sp³-hybridized carbons (Fsp3) is 0.259. The molecule has 10 nitrogen and oxygen atoms in total. The number of nitrogens with zero attached hydrogens (tertiary/aromatic N) is 3. The van der Waals surface area contributed by atoms with Crippen molar-refractivity contribution in [2.75, 3.05) is 24.7 Å². The largest absolute Gasteiger partial charge is 0.489 e. The maximum atomic E-state index is 13.2. The highest BCUT2D eigenvalue weighted by Crippen LogP contribution is 2.26. The van der Waals surface area contributed by atoms with E-state index in [9.17, 15) is 13.2 Å². The number of rotatable bonds is 11. The minimum atomic E-state index is -3.72. The predicted octanol–water partition coefficient (Wildman–Crippen LogP) is 3.64. The van der Waals surface area contributed by atoms with E-state index in [1.54, 1.807) is 50.6 Å². The van der Waals surface area contributed by atoms with E-state index in [1.807, 2.05) is 30.5 Å². The molecule has 198 valence electrons. The Labute approximate surface area is 222 Å². The molecular formula is C27H29N5O5S. The van der Waals surface area contributed by atoms with Crippen LogP contribution in [0.5, 0.6) is 5.75 Å². The Morgan fingerprint density at radius 2 is 1.95 bits per heavy atom. The second-order valence-electron chi connectivity index (χ2n) is 8.17. The van der Waals surface area contributed by atoms with Crippen LogP contribution in [0.3, 0.4) is 0 Å². The van der Waals surface area contributed by atoms with Crippen molar-refractivity contribution in [2.45, 2.75) is 30.8 Å². The number of nitrogens with one attached hydrogen (secondary N) is 2. The molecule has 2 N–H and O–H groups in total. The minimum Gasteiger partial charge on any atom is -0.489 e. The Kier molecular flexibility index (Phi) is 10.2. The Hall–Kier alpha value is -4.43. The van der Waals surface area contributed by atoms with Crippen LogP contribution in [-0.4, -0.2) is 44.7 Å². The van der Waals surface area contributed by atoms with Crippen LogP contribution in [0, 0.1) is 11.5 Å². The molecule has 0 aliphatic carbocycles. The number of ether oxygens (including phenoxy) is 2. The number of anilines is 1. The van der Waals surface area contributed by atoms with Crippen LogP contribution in [0.2, 0.25) is 0 Å². The molecule has 1 unspecified atom stereocenters. The van der Waals surface area contributed by atoms with Crippen molar-refractivity contribution in [1.82, 2.24) is 10.3 Å². The molecule has 11 heteroatoms. The van der Waals surface area contributed by atoms with Crippen molar-refractivity contribution >= 4 is 27.5 Å². The number of hydrogen-bond acceptors (Lipinski definition) is 8. The number of esters is 1. The zero-order chi connectivity index (χ0) is 27.4. The van der Waals surface area contributed by atoms with Crippen molar-refractivity contribution in [3.05, 3.63) is 84.2 Å². The first kappa shape index (κ1) is 28.1. The summed E-state index contributed by atoms with van der Waals surface area (Å²) in [5, 5.41) is 14.2. The van der Waals surface area contributed by atoms with E-state index in [2.05, 4.69) is 20.6 Å². The number of aliphatic imine (C=N–C) groups is 1. The molecule has 38 heavy (non-hydrogen) atoms. The van der Waals surface area contributed by atoms with Crippen LogP contribution in [0.1, 0.15) is 30.4 Å². The van der Waals surface area contributed by atoms with Crippen LogP contribution in [0.25, 0.3) is 0 Å². The number of benzene rings is 2. The number of sulfone groups is 1. The molecule has 0 aliphatic rings. The van der Waals surface area contributed by atoms with Gasteiger partial charge in [0.15, 0.2) is 16.0 Å².